The van der Waals surface area contributed by atoms with E-state index in [2.05, 4.69) is 36.2 Å². The lowest BCUT2D eigenvalue weighted by atomic mass is 9.87. The standard InChI is InChI=1S/C21H28N4O3/c1-14-23-20(28-24-14)16-6-5-11-25(13-16)18(26)12-22-19(27)15-7-9-17(10-8-15)21(2,3)4/h7-10,16H,5-6,11-13H2,1-4H3,(H,22,27). The minimum absolute atomic E-state index is 0.0184. The minimum atomic E-state index is -0.241. The Kier molecular flexibility index (Phi) is 5.82. The van der Waals surface area contributed by atoms with E-state index in [1.54, 1.807) is 24.0 Å². The molecule has 0 radical (unpaired) electrons. The first-order valence-corrected chi connectivity index (χ1v) is 9.71. The van der Waals surface area contributed by atoms with Crippen molar-refractivity contribution in [2.45, 2.75) is 51.9 Å². The molecule has 1 unspecified atom stereocenters. The summed E-state index contributed by atoms with van der Waals surface area (Å²) in [5, 5.41) is 6.56. The van der Waals surface area contributed by atoms with E-state index >= 15 is 0 Å². The largest absolute Gasteiger partial charge is 0.343 e. The zero-order valence-electron chi connectivity index (χ0n) is 17.0. The van der Waals surface area contributed by atoms with Crippen LogP contribution in [0, 0.1) is 6.92 Å². The summed E-state index contributed by atoms with van der Waals surface area (Å²) in [5.41, 5.74) is 1.75. The van der Waals surface area contributed by atoms with Crippen LogP contribution in [0.25, 0.3) is 0 Å². The number of aromatic nitrogens is 2. The van der Waals surface area contributed by atoms with Gasteiger partial charge >= 0.3 is 0 Å². The Morgan fingerprint density at radius 3 is 2.57 bits per heavy atom. The molecule has 28 heavy (non-hydrogen) atoms. The normalized spacial score (nSPS) is 17.4. The average Bonchev–Trinajstić information content (AvgIpc) is 3.12. The molecule has 3 rings (SSSR count). The van der Waals surface area contributed by atoms with Crippen molar-refractivity contribution in [3.05, 3.63) is 47.1 Å². The molecule has 2 heterocycles. The molecule has 2 amide bonds. The predicted octanol–water partition coefficient (Wildman–Crippen LogP) is 2.81. The van der Waals surface area contributed by atoms with Crippen molar-refractivity contribution >= 4 is 11.8 Å². The maximum Gasteiger partial charge on any atom is 0.251 e. The highest BCUT2D eigenvalue weighted by atomic mass is 16.5. The van der Waals surface area contributed by atoms with E-state index in [1.807, 2.05) is 12.1 Å². The van der Waals surface area contributed by atoms with Gasteiger partial charge in [-0.15, -0.1) is 0 Å². The molecule has 1 fully saturated rings. The van der Waals surface area contributed by atoms with Crippen molar-refractivity contribution in [1.29, 1.82) is 0 Å². The van der Waals surface area contributed by atoms with E-state index in [4.69, 9.17) is 4.52 Å². The summed E-state index contributed by atoms with van der Waals surface area (Å²) < 4.78 is 5.25. The lowest BCUT2D eigenvalue weighted by Crippen LogP contribution is -2.44. The van der Waals surface area contributed by atoms with Crippen molar-refractivity contribution in [3.8, 4) is 0 Å². The monoisotopic (exact) mass is 384 g/mol. The summed E-state index contributed by atoms with van der Waals surface area (Å²) in [5.74, 6) is 0.899. The van der Waals surface area contributed by atoms with Crippen LogP contribution in [0.2, 0.25) is 0 Å². The summed E-state index contributed by atoms with van der Waals surface area (Å²) in [7, 11) is 0. The first-order valence-electron chi connectivity index (χ1n) is 9.71. The van der Waals surface area contributed by atoms with Gasteiger partial charge < -0.3 is 14.7 Å². The topological polar surface area (TPSA) is 88.3 Å². The van der Waals surface area contributed by atoms with Crippen molar-refractivity contribution in [2.24, 2.45) is 0 Å². The molecule has 0 aliphatic carbocycles. The number of hydrogen-bond acceptors (Lipinski definition) is 5. The van der Waals surface area contributed by atoms with Crippen LogP contribution in [0.5, 0.6) is 0 Å². The van der Waals surface area contributed by atoms with Gasteiger partial charge in [-0.1, -0.05) is 38.1 Å². The Morgan fingerprint density at radius 1 is 1.25 bits per heavy atom. The number of carbonyl (C=O) groups excluding carboxylic acids is 2. The second-order valence-corrected chi connectivity index (χ2v) is 8.37. The van der Waals surface area contributed by atoms with Gasteiger partial charge in [-0.3, -0.25) is 9.59 Å². The highest BCUT2D eigenvalue weighted by Gasteiger charge is 2.28. The molecule has 1 N–H and O–H groups in total. The van der Waals surface area contributed by atoms with Gasteiger partial charge in [-0.25, -0.2) is 0 Å². The molecule has 150 valence electrons. The van der Waals surface area contributed by atoms with Crippen molar-refractivity contribution in [1.82, 2.24) is 20.4 Å². The zero-order valence-corrected chi connectivity index (χ0v) is 17.0. The smallest absolute Gasteiger partial charge is 0.251 e. The van der Waals surface area contributed by atoms with E-state index in [0.29, 0.717) is 30.4 Å². The fraction of sp³-hybridized carbons (Fsp3) is 0.524. The van der Waals surface area contributed by atoms with Crippen molar-refractivity contribution in [3.63, 3.8) is 0 Å². The average molecular weight is 384 g/mol. The Labute approximate surface area is 165 Å². The molecule has 2 aromatic rings. The van der Waals surface area contributed by atoms with Crippen LogP contribution in [0.1, 0.15) is 67.2 Å². The van der Waals surface area contributed by atoms with Gasteiger partial charge in [0.1, 0.15) is 0 Å². The Bertz CT molecular complexity index is 836. The maximum absolute atomic E-state index is 12.5. The van der Waals surface area contributed by atoms with Crippen molar-refractivity contribution < 1.29 is 14.1 Å². The molecule has 0 saturated carbocycles. The van der Waals surface area contributed by atoms with E-state index in [-0.39, 0.29) is 29.7 Å². The van der Waals surface area contributed by atoms with Gasteiger partial charge in [0.15, 0.2) is 5.82 Å². The van der Waals surface area contributed by atoms with Gasteiger partial charge in [-0.05, 0) is 42.9 Å². The molecule has 1 aromatic carbocycles. The lowest BCUT2D eigenvalue weighted by molar-refractivity contribution is -0.131. The number of likely N-dealkylation sites (tertiary alicyclic amines) is 1. The molecule has 1 saturated heterocycles. The number of rotatable bonds is 4. The fourth-order valence-electron chi connectivity index (χ4n) is 3.38. The highest BCUT2D eigenvalue weighted by molar-refractivity contribution is 5.96. The third kappa shape index (κ3) is 4.77. The lowest BCUT2D eigenvalue weighted by Gasteiger charge is -2.31. The first-order chi connectivity index (χ1) is 13.2. The Hall–Kier alpha value is -2.70. The van der Waals surface area contributed by atoms with Crippen LogP contribution in [0.3, 0.4) is 0 Å². The summed E-state index contributed by atoms with van der Waals surface area (Å²) in [6.07, 6.45) is 1.79. The number of piperidine rings is 1. The van der Waals surface area contributed by atoms with Gasteiger partial charge in [0.25, 0.3) is 5.91 Å². The minimum Gasteiger partial charge on any atom is -0.343 e. The third-order valence-electron chi connectivity index (χ3n) is 5.08. The number of hydrogen-bond donors (Lipinski definition) is 1. The Morgan fingerprint density at radius 2 is 1.96 bits per heavy atom. The molecular weight excluding hydrogens is 356 g/mol. The summed E-state index contributed by atoms with van der Waals surface area (Å²) in [4.78, 5) is 31.0. The summed E-state index contributed by atoms with van der Waals surface area (Å²) in [6, 6.07) is 7.52. The molecule has 0 bridgehead atoms. The van der Waals surface area contributed by atoms with Crippen LogP contribution >= 0.6 is 0 Å². The maximum atomic E-state index is 12.5. The van der Waals surface area contributed by atoms with Crippen LogP contribution in [0.4, 0.5) is 0 Å². The molecule has 7 heteroatoms. The third-order valence-corrected chi connectivity index (χ3v) is 5.08. The van der Waals surface area contributed by atoms with Gasteiger partial charge in [-0.2, -0.15) is 4.98 Å². The number of nitrogens with one attached hydrogen (secondary N) is 1. The van der Waals surface area contributed by atoms with Gasteiger partial charge in [0, 0.05) is 18.7 Å². The second-order valence-electron chi connectivity index (χ2n) is 8.37. The summed E-state index contributed by atoms with van der Waals surface area (Å²) >= 11 is 0. The molecule has 7 nitrogen and oxygen atoms in total. The molecule has 1 aliphatic rings. The van der Waals surface area contributed by atoms with E-state index in [1.165, 1.54) is 0 Å². The highest BCUT2D eigenvalue weighted by Crippen LogP contribution is 2.25. The van der Waals surface area contributed by atoms with E-state index in [9.17, 15) is 9.59 Å². The molecule has 0 spiro atoms. The Balaban J connectivity index is 1.53. The van der Waals surface area contributed by atoms with Crippen LogP contribution < -0.4 is 5.32 Å². The molecule has 1 aromatic heterocycles. The number of benzene rings is 1. The SMILES string of the molecule is Cc1noc(C2CCCN(C(=O)CNC(=O)c3ccc(C(C)(C)C)cc3)C2)n1. The van der Waals surface area contributed by atoms with Crippen LogP contribution in [0.15, 0.2) is 28.8 Å². The second kappa shape index (κ2) is 8.12. The van der Waals surface area contributed by atoms with Gasteiger partial charge in [0.05, 0.1) is 12.5 Å². The van der Waals surface area contributed by atoms with Crippen molar-refractivity contribution in [2.75, 3.05) is 19.6 Å². The van der Waals surface area contributed by atoms with E-state index < -0.39 is 0 Å². The first kappa shape index (κ1) is 20.0. The van der Waals surface area contributed by atoms with Crippen LogP contribution in [-0.2, 0) is 10.2 Å². The zero-order chi connectivity index (χ0) is 20.3. The van der Waals surface area contributed by atoms with E-state index in [0.717, 1.165) is 18.4 Å². The van der Waals surface area contributed by atoms with Gasteiger partial charge in [0.2, 0.25) is 11.8 Å². The number of carbonyl (C=O) groups is 2. The summed E-state index contributed by atoms with van der Waals surface area (Å²) in [6.45, 7) is 9.36. The molecule has 1 atom stereocenters. The fourth-order valence-corrected chi connectivity index (χ4v) is 3.38. The number of nitrogens with zero attached hydrogens (tertiary/aromatic N) is 3. The number of amides is 2. The van der Waals surface area contributed by atoms with Crippen LogP contribution in [-0.4, -0.2) is 46.5 Å². The predicted molar refractivity (Wildman–Crippen MR) is 105 cm³/mol. The molecular formula is C21H28N4O3. The quantitative estimate of drug-likeness (QED) is 0.876. The molecule has 1 aliphatic heterocycles. The number of aryl methyl sites for hydroxylation is 1.